The number of H-pyrrole nitrogens is 1. The summed E-state index contributed by atoms with van der Waals surface area (Å²) in [6, 6.07) is -4.65. The standard InChI is InChI=1S/C18H29N7O6S/c1-9(19)15(27)23-11(3-4-32-2)16(28)24-12(6-14(20)26)17(29)25-13(18(30)31)5-10-7-21-8-22-10/h7-9,11-13H,3-6,19H2,1-2H3,(H2,20,26)(H,21,22)(H,23,27)(H,24,28)(H,25,29)(H,30,31). The predicted molar refractivity (Wildman–Crippen MR) is 116 cm³/mol. The maximum atomic E-state index is 12.7. The predicted octanol–water partition coefficient (Wildman–Crippen LogP) is -2.53. The quantitative estimate of drug-likeness (QED) is 0.152. The molecule has 0 bridgehead atoms. The van der Waals surface area contributed by atoms with Crippen molar-refractivity contribution in [2.75, 3.05) is 12.0 Å². The van der Waals surface area contributed by atoms with Crippen LogP contribution in [0.1, 0.15) is 25.5 Å². The average molecular weight is 472 g/mol. The van der Waals surface area contributed by atoms with E-state index in [2.05, 4.69) is 25.9 Å². The molecule has 0 radical (unpaired) electrons. The van der Waals surface area contributed by atoms with Crippen molar-refractivity contribution in [1.29, 1.82) is 0 Å². The van der Waals surface area contributed by atoms with Gasteiger partial charge in [0.15, 0.2) is 0 Å². The molecule has 13 nitrogen and oxygen atoms in total. The third-order valence-electron chi connectivity index (χ3n) is 4.29. The number of carboxylic acids is 1. The van der Waals surface area contributed by atoms with Gasteiger partial charge in [0.25, 0.3) is 0 Å². The summed E-state index contributed by atoms with van der Waals surface area (Å²) < 4.78 is 0. The van der Waals surface area contributed by atoms with Crippen LogP contribution in [-0.2, 0) is 30.4 Å². The van der Waals surface area contributed by atoms with Crippen molar-refractivity contribution in [1.82, 2.24) is 25.9 Å². The first-order valence-electron chi connectivity index (χ1n) is 9.69. The Bertz CT molecular complexity index is 802. The van der Waals surface area contributed by atoms with Gasteiger partial charge < -0.3 is 37.5 Å². The van der Waals surface area contributed by atoms with Crippen LogP contribution in [0.3, 0.4) is 0 Å². The van der Waals surface area contributed by atoms with Crippen molar-refractivity contribution in [2.24, 2.45) is 11.5 Å². The fourth-order valence-corrected chi connectivity index (χ4v) is 3.05. The minimum atomic E-state index is -1.44. The number of primary amides is 1. The second-order valence-corrected chi connectivity index (χ2v) is 8.03. The zero-order valence-corrected chi connectivity index (χ0v) is 18.6. The Labute approximate surface area is 188 Å². The molecule has 0 aliphatic rings. The minimum Gasteiger partial charge on any atom is -0.480 e. The van der Waals surface area contributed by atoms with Crippen molar-refractivity contribution >= 4 is 41.4 Å². The van der Waals surface area contributed by atoms with E-state index in [9.17, 15) is 29.1 Å². The third-order valence-corrected chi connectivity index (χ3v) is 4.93. The van der Waals surface area contributed by atoms with Gasteiger partial charge >= 0.3 is 5.97 Å². The van der Waals surface area contributed by atoms with Gasteiger partial charge in [0.1, 0.15) is 18.1 Å². The molecule has 0 aliphatic carbocycles. The summed E-state index contributed by atoms with van der Waals surface area (Å²) in [5.74, 6) is -3.88. The molecule has 0 fully saturated rings. The maximum absolute atomic E-state index is 12.7. The van der Waals surface area contributed by atoms with E-state index in [0.717, 1.165) is 0 Å². The van der Waals surface area contributed by atoms with E-state index in [-0.39, 0.29) is 12.8 Å². The lowest BCUT2D eigenvalue weighted by molar-refractivity contribution is -0.142. The summed E-state index contributed by atoms with van der Waals surface area (Å²) in [6.45, 7) is 1.45. The van der Waals surface area contributed by atoms with Crippen LogP contribution < -0.4 is 27.4 Å². The van der Waals surface area contributed by atoms with Crippen LogP contribution in [0.25, 0.3) is 0 Å². The molecule has 9 N–H and O–H groups in total. The van der Waals surface area contributed by atoms with Crippen molar-refractivity contribution in [3.8, 4) is 0 Å². The zero-order chi connectivity index (χ0) is 24.3. The van der Waals surface area contributed by atoms with E-state index >= 15 is 0 Å². The van der Waals surface area contributed by atoms with E-state index < -0.39 is 60.2 Å². The summed E-state index contributed by atoms with van der Waals surface area (Å²) in [5.41, 5.74) is 11.2. The number of carbonyl (C=O) groups is 5. The lowest BCUT2D eigenvalue weighted by Gasteiger charge is -2.24. The molecule has 32 heavy (non-hydrogen) atoms. The molecule has 178 valence electrons. The smallest absolute Gasteiger partial charge is 0.326 e. The number of nitrogens with zero attached hydrogens (tertiary/aromatic N) is 1. The molecule has 0 saturated heterocycles. The number of amides is 4. The van der Waals surface area contributed by atoms with Crippen LogP contribution in [0.2, 0.25) is 0 Å². The summed E-state index contributed by atoms with van der Waals surface area (Å²) in [5, 5.41) is 16.6. The van der Waals surface area contributed by atoms with Crippen LogP contribution in [0, 0.1) is 0 Å². The number of imidazole rings is 1. The van der Waals surface area contributed by atoms with Gasteiger partial charge in [-0.25, -0.2) is 9.78 Å². The first-order chi connectivity index (χ1) is 15.0. The van der Waals surface area contributed by atoms with Gasteiger partial charge in [-0.2, -0.15) is 11.8 Å². The van der Waals surface area contributed by atoms with E-state index in [4.69, 9.17) is 11.5 Å². The number of thioether (sulfide) groups is 1. The van der Waals surface area contributed by atoms with E-state index in [1.54, 1.807) is 0 Å². The largest absolute Gasteiger partial charge is 0.480 e. The zero-order valence-electron chi connectivity index (χ0n) is 17.8. The molecule has 0 spiro atoms. The molecule has 14 heteroatoms. The number of aromatic nitrogens is 2. The first-order valence-corrected chi connectivity index (χ1v) is 11.1. The first kappa shape index (κ1) is 26.9. The van der Waals surface area contributed by atoms with Crippen LogP contribution in [0.5, 0.6) is 0 Å². The molecule has 0 saturated carbocycles. The summed E-state index contributed by atoms with van der Waals surface area (Å²) in [7, 11) is 0. The second-order valence-electron chi connectivity index (χ2n) is 7.04. The van der Waals surface area contributed by atoms with E-state index in [0.29, 0.717) is 11.4 Å². The fourth-order valence-electron chi connectivity index (χ4n) is 2.58. The van der Waals surface area contributed by atoms with Gasteiger partial charge in [0.05, 0.1) is 18.8 Å². The lowest BCUT2D eigenvalue weighted by Crippen LogP contribution is -2.57. The Kier molecular flexibility index (Phi) is 11.2. The number of carboxylic acid groups (broad SMARTS) is 1. The molecule has 0 aromatic carbocycles. The summed E-state index contributed by atoms with van der Waals surface area (Å²) >= 11 is 1.44. The van der Waals surface area contributed by atoms with Gasteiger partial charge in [-0.3, -0.25) is 19.2 Å². The van der Waals surface area contributed by atoms with Gasteiger partial charge in [-0.1, -0.05) is 0 Å². The van der Waals surface area contributed by atoms with Crippen molar-refractivity contribution in [3.63, 3.8) is 0 Å². The third kappa shape index (κ3) is 9.34. The molecule has 4 atom stereocenters. The van der Waals surface area contributed by atoms with Gasteiger partial charge in [0, 0.05) is 18.3 Å². The second kappa shape index (κ2) is 13.3. The highest BCUT2D eigenvalue weighted by Gasteiger charge is 2.31. The molecule has 0 aliphatic heterocycles. The summed E-state index contributed by atoms with van der Waals surface area (Å²) in [6.07, 6.45) is 4.16. The Morgan fingerprint density at radius 1 is 1.09 bits per heavy atom. The van der Waals surface area contributed by atoms with Gasteiger partial charge in [0.2, 0.25) is 23.6 Å². The number of nitrogens with two attached hydrogens (primary N) is 2. The highest BCUT2D eigenvalue weighted by molar-refractivity contribution is 7.98. The Hall–Kier alpha value is -3.13. The molecule has 1 aromatic rings. The van der Waals surface area contributed by atoms with Crippen LogP contribution in [-0.4, -0.2) is 80.8 Å². The molecule has 1 rings (SSSR count). The minimum absolute atomic E-state index is 0.0981. The number of aromatic amines is 1. The molecule has 4 unspecified atom stereocenters. The van der Waals surface area contributed by atoms with Crippen molar-refractivity contribution < 1.29 is 29.1 Å². The van der Waals surface area contributed by atoms with E-state index in [1.807, 2.05) is 6.26 Å². The normalized spacial score (nSPS) is 14.5. The van der Waals surface area contributed by atoms with Crippen LogP contribution in [0.15, 0.2) is 12.5 Å². The van der Waals surface area contributed by atoms with Crippen LogP contribution >= 0.6 is 11.8 Å². The number of hydrogen-bond donors (Lipinski definition) is 7. The van der Waals surface area contributed by atoms with Crippen molar-refractivity contribution in [3.05, 3.63) is 18.2 Å². The number of hydrogen-bond acceptors (Lipinski definition) is 8. The Morgan fingerprint density at radius 2 is 1.69 bits per heavy atom. The molecule has 4 amide bonds. The van der Waals surface area contributed by atoms with E-state index in [1.165, 1.54) is 31.2 Å². The lowest BCUT2D eigenvalue weighted by atomic mass is 10.1. The summed E-state index contributed by atoms with van der Waals surface area (Å²) in [4.78, 5) is 66.9. The number of nitrogens with one attached hydrogen (secondary N) is 4. The fraction of sp³-hybridized carbons (Fsp3) is 0.556. The van der Waals surface area contributed by atoms with Gasteiger partial charge in [-0.15, -0.1) is 0 Å². The molecule has 1 aromatic heterocycles. The monoisotopic (exact) mass is 471 g/mol. The van der Waals surface area contributed by atoms with Gasteiger partial charge in [-0.05, 0) is 25.4 Å². The van der Waals surface area contributed by atoms with Crippen LogP contribution in [0.4, 0.5) is 0 Å². The topological polar surface area (TPSA) is 222 Å². The number of carbonyl (C=O) groups excluding carboxylic acids is 4. The highest BCUT2D eigenvalue weighted by atomic mass is 32.2. The number of rotatable bonds is 14. The Balaban J connectivity index is 2.94. The average Bonchev–Trinajstić information content (AvgIpc) is 3.22. The molecular weight excluding hydrogens is 442 g/mol. The maximum Gasteiger partial charge on any atom is 0.326 e. The Morgan fingerprint density at radius 3 is 2.19 bits per heavy atom. The SMILES string of the molecule is CSCCC(NC(=O)C(C)N)C(=O)NC(CC(N)=O)C(=O)NC(Cc1cnc[nH]1)C(=O)O. The molecule has 1 heterocycles. The number of aliphatic carboxylic acids is 1. The highest BCUT2D eigenvalue weighted by Crippen LogP contribution is 2.05. The van der Waals surface area contributed by atoms with Crippen molar-refractivity contribution in [2.45, 2.75) is 50.4 Å². The molecular formula is C18H29N7O6S.